The van der Waals surface area contributed by atoms with Crippen LogP contribution >= 0.6 is 23.2 Å². The van der Waals surface area contributed by atoms with Crippen LogP contribution in [0.2, 0.25) is 10.0 Å². The maximum absolute atomic E-state index is 13.6. The minimum Gasteiger partial charge on any atom is -0.388 e. The third-order valence-corrected chi connectivity index (χ3v) is 3.43. The van der Waals surface area contributed by atoms with Gasteiger partial charge in [-0.2, -0.15) is 0 Å². The molecule has 19 heavy (non-hydrogen) atoms. The molecule has 0 bridgehead atoms. The molecule has 2 aromatic carbocycles. The lowest BCUT2D eigenvalue weighted by Gasteiger charge is -2.13. The van der Waals surface area contributed by atoms with Gasteiger partial charge < -0.3 is 5.11 Å². The second-order valence-electron chi connectivity index (χ2n) is 4.10. The third-order valence-electron chi connectivity index (χ3n) is 2.77. The van der Waals surface area contributed by atoms with Crippen LogP contribution in [0.4, 0.5) is 8.78 Å². The Balaban J connectivity index is 2.28. The van der Waals surface area contributed by atoms with Crippen LogP contribution in [-0.4, -0.2) is 5.11 Å². The number of benzene rings is 2. The zero-order valence-electron chi connectivity index (χ0n) is 9.71. The van der Waals surface area contributed by atoms with E-state index in [0.717, 1.165) is 12.1 Å². The Labute approximate surface area is 119 Å². The summed E-state index contributed by atoms with van der Waals surface area (Å²) in [5.74, 6) is -1.51. The molecule has 1 unspecified atom stereocenters. The lowest BCUT2D eigenvalue weighted by molar-refractivity contribution is 0.173. The van der Waals surface area contributed by atoms with Crippen molar-refractivity contribution in [1.29, 1.82) is 0 Å². The normalized spacial score (nSPS) is 12.5. The Morgan fingerprint density at radius 2 is 1.68 bits per heavy atom. The second-order valence-corrected chi connectivity index (χ2v) is 4.91. The Kier molecular flexibility index (Phi) is 4.40. The van der Waals surface area contributed by atoms with E-state index in [1.807, 2.05) is 0 Å². The molecule has 0 saturated carbocycles. The van der Waals surface area contributed by atoms with Crippen molar-refractivity contribution in [1.82, 2.24) is 0 Å². The molecule has 100 valence electrons. The van der Waals surface area contributed by atoms with E-state index in [1.54, 1.807) is 24.3 Å². The molecular formula is C14H10Cl2F2O. The Bertz CT molecular complexity index is 602. The Hall–Kier alpha value is -1.16. The first-order chi connectivity index (χ1) is 8.99. The van der Waals surface area contributed by atoms with Crippen LogP contribution in [0.15, 0.2) is 36.4 Å². The van der Waals surface area contributed by atoms with Crippen molar-refractivity contribution >= 4 is 23.2 Å². The molecule has 0 saturated heterocycles. The highest BCUT2D eigenvalue weighted by Crippen LogP contribution is 2.28. The van der Waals surface area contributed by atoms with Gasteiger partial charge in [-0.05, 0) is 23.8 Å². The lowest BCUT2D eigenvalue weighted by atomic mass is 10.0. The van der Waals surface area contributed by atoms with E-state index < -0.39 is 17.7 Å². The van der Waals surface area contributed by atoms with Gasteiger partial charge in [-0.1, -0.05) is 41.4 Å². The molecule has 0 radical (unpaired) electrons. The summed E-state index contributed by atoms with van der Waals surface area (Å²) < 4.78 is 26.9. The van der Waals surface area contributed by atoms with E-state index >= 15 is 0 Å². The van der Waals surface area contributed by atoms with Crippen LogP contribution in [0, 0.1) is 11.6 Å². The number of rotatable bonds is 3. The van der Waals surface area contributed by atoms with Crippen molar-refractivity contribution in [3.05, 3.63) is 69.2 Å². The summed E-state index contributed by atoms with van der Waals surface area (Å²) in [7, 11) is 0. The number of aliphatic hydroxyl groups excluding tert-OH is 1. The quantitative estimate of drug-likeness (QED) is 0.825. The Morgan fingerprint density at radius 3 is 2.37 bits per heavy atom. The smallest absolute Gasteiger partial charge is 0.142 e. The maximum atomic E-state index is 13.6. The van der Waals surface area contributed by atoms with Crippen LogP contribution in [-0.2, 0) is 6.42 Å². The number of hydrogen-bond acceptors (Lipinski definition) is 1. The molecule has 1 nitrogen and oxygen atoms in total. The average Bonchev–Trinajstić information content (AvgIpc) is 2.36. The molecule has 1 atom stereocenters. The molecular weight excluding hydrogens is 293 g/mol. The van der Waals surface area contributed by atoms with Gasteiger partial charge in [-0.15, -0.1) is 0 Å². The fourth-order valence-corrected chi connectivity index (χ4v) is 2.14. The molecule has 5 heteroatoms. The van der Waals surface area contributed by atoms with Crippen molar-refractivity contribution < 1.29 is 13.9 Å². The predicted octanol–water partition coefficient (Wildman–Crippen LogP) is 4.55. The van der Waals surface area contributed by atoms with Gasteiger partial charge in [-0.3, -0.25) is 0 Å². The van der Waals surface area contributed by atoms with E-state index in [0.29, 0.717) is 10.6 Å². The van der Waals surface area contributed by atoms with Crippen molar-refractivity contribution in [2.75, 3.05) is 0 Å². The fraction of sp³-hybridized carbons (Fsp3) is 0.143. The van der Waals surface area contributed by atoms with Gasteiger partial charge in [0.2, 0.25) is 0 Å². The molecule has 2 rings (SSSR count). The van der Waals surface area contributed by atoms with Crippen LogP contribution in [0.25, 0.3) is 0 Å². The van der Waals surface area contributed by atoms with E-state index in [2.05, 4.69) is 0 Å². The van der Waals surface area contributed by atoms with Gasteiger partial charge in [0, 0.05) is 17.0 Å². The molecule has 0 amide bonds. The molecule has 0 aliphatic rings. The molecule has 1 N–H and O–H groups in total. The van der Waals surface area contributed by atoms with Gasteiger partial charge in [0.1, 0.15) is 11.6 Å². The number of aliphatic hydroxyl groups is 1. The zero-order valence-corrected chi connectivity index (χ0v) is 11.2. The minimum absolute atomic E-state index is 0.0949. The van der Waals surface area contributed by atoms with Gasteiger partial charge in [0.05, 0.1) is 11.1 Å². The summed E-state index contributed by atoms with van der Waals surface area (Å²) >= 11 is 11.4. The van der Waals surface area contributed by atoms with E-state index in [-0.39, 0.29) is 17.0 Å². The second kappa shape index (κ2) is 5.87. The van der Waals surface area contributed by atoms with Crippen molar-refractivity contribution in [2.45, 2.75) is 12.5 Å². The van der Waals surface area contributed by atoms with Crippen molar-refractivity contribution in [3.8, 4) is 0 Å². The first kappa shape index (κ1) is 14.3. The average molecular weight is 303 g/mol. The summed E-state index contributed by atoms with van der Waals surface area (Å²) in [6.45, 7) is 0. The highest BCUT2D eigenvalue weighted by atomic mass is 35.5. The van der Waals surface area contributed by atoms with E-state index in [9.17, 15) is 13.9 Å². The summed E-state index contributed by atoms with van der Waals surface area (Å²) in [4.78, 5) is 0. The van der Waals surface area contributed by atoms with E-state index in [4.69, 9.17) is 23.2 Å². The largest absolute Gasteiger partial charge is 0.388 e. The van der Waals surface area contributed by atoms with Crippen LogP contribution in [0.5, 0.6) is 0 Å². The van der Waals surface area contributed by atoms with Crippen molar-refractivity contribution in [3.63, 3.8) is 0 Å². The van der Waals surface area contributed by atoms with E-state index in [1.165, 1.54) is 0 Å². The standard InChI is InChI=1S/C14H10Cl2F2O/c15-10-4-2-1-3-8(10)5-14(19)9-6-13(18)11(16)7-12(9)17/h1-4,6-7,14,19H,5H2. The highest BCUT2D eigenvalue weighted by molar-refractivity contribution is 6.31. The monoisotopic (exact) mass is 302 g/mol. The van der Waals surface area contributed by atoms with Gasteiger partial charge in [0.15, 0.2) is 0 Å². The molecule has 0 aliphatic heterocycles. The van der Waals surface area contributed by atoms with Crippen LogP contribution < -0.4 is 0 Å². The SMILES string of the molecule is OC(Cc1ccccc1Cl)c1cc(F)c(Cl)cc1F. The highest BCUT2D eigenvalue weighted by Gasteiger charge is 2.17. The third kappa shape index (κ3) is 3.24. The molecule has 0 spiro atoms. The van der Waals surface area contributed by atoms with Gasteiger partial charge in [0.25, 0.3) is 0 Å². The topological polar surface area (TPSA) is 20.2 Å². The predicted molar refractivity (Wildman–Crippen MR) is 71.5 cm³/mol. The summed E-state index contributed by atoms with van der Waals surface area (Å²) in [5, 5.41) is 10.1. The summed E-state index contributed by atoms with van der Waals surface area (Å²) in [5.41, 5.74) is 0.522. The van der Waals surface area contributed by atoms with Gasteiger partial charge >= 0.3 is 0 Å². The first-order valence-electron chi connectivity index (χ1n) is 5.55. The van der Waals surface area contributed by atoms with Crippen molar-refractivity contribution in [2.24, 2.45) is 0 Å². The number of hydrogen-bond donors (Lipinski definition) is 1. The number of halogens is 4. The van der Waals surface area contributed by atoms with Gasteiger partial charge in [-0.25, -0.2) is 8.78 Å². The zero-order chi connectivity index (χ0) is 14.0. The maximum Gasteiger partial charge on any atom is 0.142 e. The Morgan fingerprint density at radius 1 is 1.00 bits per heavy atom. The molecule has 0 aliphatic carbocycles. The summed E-state index contributed by atoms with van der Waals surface area (Å²) in [6, 6.07) is 8.65. The molecule has 0 aromatic heterocycles. The lowest BCUT2D eigenvalue weighted by Crippen LogP contribution is -2.05. The van der Waals surface area contributed by atoms with Crippen LogP contribution in [0.3, 0.4) is 0 Å². The molecule has 2 aromatic rings. The molecule has 0 fully saturated rings. The minimum atomic E-state index is -1.19. The first-order valence-corrected chi connectivity index (χ1v) is 6.30. The molecule has 0 heterocycles. The van der Waals surface area contributed by atoms with Crippen LogP contribution in [0.1, 0.15) is 17.2 Å². The summed E-state index contributed by atoms with van der Waals surface area (Å²) in [6.07, 6.45) is -1.09. The fourth-order valence-electron chi connectivity index (χ4n) is 1.78.